The first-order valence-corrected chi connectivity index (χ1v) is 9.07. The van der Waals surface area contributed by atoms with E-state index in [1.807, 2.05) is 0 Å². The molecule has 0 aliphatic rings. The van der Waals surface area contributed by atoms with E-state index in [1.54, 1.807) is 0 Å². The number of hydrogen-bond acceptors (Lipinski definition) is 7. The molecule has 1 heterocycles. The summed E-state index contributed by atoms with van der Waals surface area (Å²) in [5.41, 5.74) is 0.107. The van der Waals surface area contributed by atoms with Crippen molar-refractivity contribution in [1.29, 1.82) is 0 Å². The molecule has 154 valence electrons. The highest BCUT2D eigenvalue weighted by Gasteiger charge is 2.18. The third-order valence-electron chi connectivity index (χ3n) is 3.00. The van der Waals surface area contributed by atoms with Gasteiger partial charge in [-0.15, -0.1) is 0 Å². The van der Waals surface area contributed by atoms with Crippen molar-refractivity contribution in [3.8, 4) is 0 Å². The van der Waals surface area contributed by atoms with Crippen LogP contribution >= 0.6 is 0 Å². The maximum absolute atomic E-state index is 11.9. The van der Waals surface area contributed by atoms with Crippen molar-refractivity contribution in [2.24, 2.45) is 10.8 Å². The van der Waals surface area contributed by atoms with Gasteiger partial charge in [0.1, 0.15) is 13.2 Å². The normalized spacial score (nSPS) is 12.1. The van der Waals surface area contributed by atoms with Gasteiger partial charge < -0.3 is 23.4 Å². The molecule has 0 fully saturated rings. The van der Waals surface area contributed by atoms with Gasteiger partial charge in [0.15, 0.2) is 0 Å². The topological polar surface area (TPSA) is 84.2 Å². The van der Waals surface area contributed by atoms with Gasteiger partial charge in [-0.2, -0.15) is 0 Å². The molecule has 0 atom stereocenters. The molecule has 1 aromatic heterocycles. The summed E-state index contributed by atoms with van der Waals surface area (Å²) in [5, 5.41) is 0. The minimum Gasteiger partial charge on any atom is -0.457 e. The third kappa shape index (κ3) is 10.8. The predicted molar refractivity (Wildman–Crippen MR) is 99.8 cm³/mol. The SMILES string of the molecule is CC(C)(C)COCCOC(=O)c1ccc(C(=O)OCCOCC(C)(C)C)o1. The maximum atomic E-state index is 11.9. The lowest BCUT2D eigenvalue weighted by molar-refractivity contribution is 0.0136. The first kappa shape index (κ1) is 23.2. The Kier molecular flexibility index (Phi) is 8.99. The number of ether oxygens (including phenoxy) is 4. The molecule has 27 heavy (non-hydrogen) atoms. The highest BCUT2D eigenvalue weighted by Crippen LogP contribution is 2.14. The van der Waals surface area contributed by atoms with E-state index in [0.29, 0.717) is 26.4 Å². The molecule has 7 heteroatoms. The van der Waals surface area contributed by atoms with Crippen molar-refractivity contribution >= 4 is 11.9 Å². The Morgan fingerprint density at radius 3 is 1.44 bits per heavy atom. The fourth-order valence-electron chi connectivity index (χ4n) is 1.84. The quantitative estimate of drug-likeness (QED) is 0.449. The minimum absolute atomic E-state index is 0.0536. The molecule has 0 saturated heterocycles. The average molecular weight is 384 g/mol. The Morgan fingerprint density at radius 1 is 0.741 bits per heavy atom. The molecule has 0 aliphatic heterocycles. The van der Waals surface area contributed by atoms with E-state index in [-0.39, 0.29) is 35.6 Å². The van der Waals surface area contributed by atoms with E-state index in [0.717, 1.165) is 0 Å². The van der Waals surface area contributed by atoms with Crippen molar-refractivity contribution in [2.75, 3.05) is 39.6 Å². The van der Waals surface area contributed by atoms with Crippen molar-refractivity contribution in [1.82, 2.24) is 0 Å². The second-order valence-electron chi connectivity index (χ2n) is 8.66. The highest BCUT2D eigenvalue weighted by atomic mass is 16.6. The van der Waals surface area contributed by atoms with Gasteiger partial charge >= 0.3 is 11.9 Å². The molecule has 0 bridgehead atoms. The van der Waals surface area contributed by atoms with Crippen molar-refractivity contribution in [2.45, 2.75) is 41.5 Å². The molecule has 0 aromatic carbocycles. The minimum atomic E-state index is -0.651. The Bertz CT molecular complexity index is 540. The summed E-state index contributed by atoms with van der Waals surface area (Å²) in [5.74, 6) is -1.41. The molecule has 0 radical (unpaired) electrons. The Labute approximate surface area is 161 Å². The molecule has 0 saturated carbocycles. The number of carbonyl (C=O) groups excluding carboxylic acids is 2. The first-order valence-electron chi connectivity index (χ1n) is 9.07. The summed E-state index contributed by atoms with van der Waals surface area (Å²) in [6.45, 7) is 14.3. The lowest BCUT2D eigenvalue weighted by atomic mass is 9.99. The molecular formula is C20H32O7. The lowest BCUT2D eigenvalue weighted by Gasteiger charge is -2.17. The molecule has 0 aliphatic carbocycles. The van der Waals surface area contributed by atoms with Crippen molar-refractivity contribution < 1.29 is 33.0 Å². The van der Waals surface area contributed by atoms with Crippen LogP contribution in [0.25, 0.3) is 0 Å². The molecule has 0 N–H and O–H groups in total. The monoisotopic (exact) mass is 384 g/mol. The van der Waals surface area contributed by atoms with Crippen LogP contribution in [0.5, 0.6) is 0 Å². The largest absolute Gasteiger partial charge is 0.457 e. The van der Waals surface area contributed by atoms with Crippen LogP contribution in [0.4, 0.5) is 0 Å². The van der Waals surface area contributed by atoms with Crippen LogP contribution in [0.15, 0.2) is 16.5 Å². The summed E-state index contributed by atoms with van der Waals surface area (Å²) >= 11 is 0. The van der Waals surface area contributed by atoms with Crippen LogP contribution in [0.1, 0.15) is 62.7 Å². The Morgan fingerprint density at radius 2 is 1.11 bits per heavy atom. The molecule has 1 aromatic rings. The van der Waals surface area contributed by atoms with Gasteiger partial charge in [0.05, 0.1) is 26.4 Å². The maximum Gasteiger partial charge on any atom is 0.374 e. The standard InChI is InChI=1S/C20H32O7/c1-19(2,3)13-23-9-11-25-17(21)15-7-8-16(27-15)18(22)26-12-10-24-14-20(4,5)6/h7-8H,9-14H2,1-6H3. The molecular weight excluding hydrogens is 352 g/mol. The number of carbonyl (C=O) groups is 2. The van der Waals surface area contributed by atoms with Crippen LogP contribution < -0.4 is 0 Å². The van der Waals surface area contributed by atoms with Crippen LogP contribution in [0, 0.1) is 10.8 Å². The summed E-state index contributed by atoms with van der Waals surface area (Å²) in [4.78, 5) is 23.8. The fraction of sp³-hybridized carbons (Fsp3) is 0.700. The summed E-state index contributed by atoms with van der Waals surface area (Å²) < 4.78 is 26.1. The lowest BCUT2D eigenvalue weighted by Crippen LogP contribution is -2.18. The highest BCUT2D eigenvalue weighted by molar-refractivity contribution is 5.90. The molecule has 0 spiro atoms. The number of esters is 2. The number of hydrogen-bond donors (Lipinski definition) is 0. The van der Waals surface area contributed by atoms with Gasteiger partial charge in [-0.3, -0.25) is 0 Å². The zero-order valence-corrected chi connectivity index (χ0v) is 17.3. The van der Waals surface area contributed by atoms with E-state index in [2.05, 4.69) is 41.5 Å². The number of furan rings is 1. The van der Waals surface area contributed by atoms with E-state index >= 15 is 0 Å². The second kappa shape index (κ2) is 10.5. The Hall–Kier alpha value is -1.86. The van der Waals surface area contributed by atoms with Gasteiger partial charge in [-0.05, 0) is 23.0 Å². The molecule has 0 amide bonds. The summed E-state index contributed by atoms with van der Waals surface area (Å²) in [6.07, 6.45) is 0. The smallest absolute Gasteiger partial charge is 0.374 e. The van der Waals surface area contributed by atoms with Gasteiger partial charge in [0, 0.05) is 0 Å². The molecule has 1 rings (SSSR count). The molecule has 0 unspecified atom stereocenters. The Balaban J connectivity index is 2.28. The number of rotatable bonds is 10. The van der Waals surface area contributed by atoms with Crippen LogP contribution in [0.2, 0.25) is 0 Å². The molecule has 7 nitrogen and oxygen atoms in total. The van der Waals surface area contributed by atoms with Crippen LogP contribution in [-0.2, 0) is 18.9 Å². The predicted octanol–water partition coefficient (Wildman–Crippen LogP) is 3.72. The van der Waals surface area contributed by atoms with E-state index in [1.165, 1.54) is 12.1 Å². The van der Waals surface area contributed by atoms with Gasteiger partial charge in [0.2, 0.25) is 11.5 Å². The van der Waals surface area contributed by atoms with Crippen molar-refractivity contribution in [3.63, 3.8) is 0 Å². The zero-order chi connectivity index (χ0) is 20.5. The van der Waals surface area contributed by atoms with Gasteiger partial charge in [0.25, 0.3) is 0 Å². The van der Waals surface area contributed by atoms with E-state index in [9.17, 15) is 9.59 Å². The first-order chi connectivity index (χ1) is 12.5. The third-order valence-corrected chi connectivity index (χ3v) is 3.00. The van der Waals surface area contributed by atoms with Gasteiger partial charge in [-0.25, -0.2) is 9.59 Å². The fourth-order valence-corrected chi connectivity index (χ4v) is 1.84. The average Bonchev–Trinajstić information content (AvgIpc) is 3.01. The summed E-state index contributed by atoms with van der Waals surface area (Å²) in [6, 6.07) is 2.76. The van der Waals surface area contributed by atoms with E-state index < -0.39 is 11.9 Å². The van der Waals surface area contributed by atoms with Crippen LogP contribution in [-0.4, -0.2) is 51.6 Å². The van der Waals surface area contributed by atoms with Crippen molar-refractivity contribution in [3.05, 3.63) is 23.7 Å². The van der Waals surface area contributed by atoms with Gasteiger partial charge in [-0.1, -0.05) is 41.5 Å². The zero-order valence-electron chi connectivity index (χ0n) is 17.3. The van der Waals surface area contributed by atoms with Crippen LogP contribution in [0.3, 0.4) is 0 Å². The van der Waals surface area contributed by atoms with E-state index in [4.69, 9.17) is 23.4 Å². The summed E-state index contributed by atoms with van der Waals surface area (Å²) in [7, 11) is 0. The second-order valence-corrected chi connectivity index (χ2v) is 8.66.